The maximum atomic E-state index is 14.2. The molecule has 0 atom stereocenters. The molecule has 0 spiro atoms. The molecule has 0 aliphatic carbocycles. The largest absolute Gasteiger partial charge is 0.453 e. The van der Waals surface area contributed by atoms with Gasteiger partial charge in [0.2, 0.25) is 0 Å². The van der Waals surface area contributed by atoms with Gasteiger partial charge in [0, 0.05) is 31.1 Å². The maximum absolute atomic E-state index is 14.2. The van der Waals surface area contributed by atoms with Crippen LogP contribution < -0.4 is 4.90 Å². The molecule has 1 saturated heterocycles. The molecule has 19 heavy (non-hydrogen) atoms. The summed E-state index contributed by atoms with van der Waals surface area (Å²) in [5.41, 5.74) is 0.608. The molecule has 0 N–H and O–H groups in total. The van der Waals surface area contributed by atoms with Crippen LogP contribution in [0.2, 0.25) is 0 Å². The standard InChI is InChI=1S/C13H17FN2O2S/c1-18-13(17)16-8-6-15(7-9-16)10-4-3-5-11(19-2)12(10)14/h3-5H,6-9H2,1-2H3. The second-order valence-electron chi connectivity index (χ2n) is 4.24. The fraction of sp³-hybridized carbons (Fsp3) is 0.462. The van der Waals surface area contributed by atoms with Crippen LogP contribution in [-0.2, 0) is 4.74 Å². The number of carbonyl (C=O) groups excluding carboxylic acids is 1. The lowest BCUT2D eigenvalue weighted by molar-refractivity contribution is 0.121. The van der Waals surface area contributed by atoms with Crippen LogP contribution >= 0.6 is 11.8 Å². The van der Waals surface area contributed by atoms with Crippen molar-refractivity contribution in [3.63, 3.8) is 0 Å². The van der Waals surface area contributed by atoms with Gasteiger partial charge in [0.1, 0.15) is 0 Å². The first-order chi connectivity index (χ1) is 9.17. The molecule has 6 heteroatoms. The van der Waals surface area contributed by atoms with E-state index in [0.29, 0.717) is 36.8 Å². The van der Waals surface area contributed by atoms with Gasteiger partial charge in [-0.05, 0) is 18.4 Å². The molecule has 1 aromatic rings. The quantitative estimate of drug-likeness (QED) is 0.781. The molecule has 0 aromatic heterocycles. The molecule has 1 aliphatic heterocycles. The first-order valence-electron chi connectivity index (χ1n) is 6.07. The molecular weight excluding hydrogens is 267 g/mol. The Bertz CT molecular complexity index is 462. The Morgan fingerprint density at radius 3 is 2.58 bits per heavy atom. The van der Waals surface area contributed by atoms with Gasteiger partial charge in [-0.2, -0.15) is 0 Å². The lowest BCUT2D eigenvalue weighted by Gasteiger charge is -2.35. The number of halogens is 1. The SMILES string of the molecule is COC(=O)N1CCN(c2cccc(SC)c2F)CC1. The third-order valence-electron chi connectivity index (χ3n) is 3.22. The monoisotopic (exact) mass is 284 g/mol. The van der Waals surface area contributed by atoms with Gasteiger partial charge in [0.15, 0.2) is 5.82 Å². The predicted molar refractivity (Wildman–Crippen MR) is 74.4 cm³/mol. The van der Waals surface area contributed by atoms with Crippen LogP contribution in [0.25, 0.3) is 0 Å². The summed E-state index contributed by atoms with van der Waals surface area (Å²) in [4.78, 5) is 15.6. The van der Waals surface area contributed by atoms with Crippen molar-refractivity contribution in [2.45, 2.75) is 4.90 Å². The van der Waals surface area contributed by atoms with Crippen LogP contribution in [0.5, 0.6) is 0 Å². The molecule has 4 nitrogen and oxygen atoms in total. The maximum Gasteiger partial charge on any atom is 0.409 e. The van der Waals surface area contributed by atoms with E-state index in [9.17, 15) is 9.18 Å². The number of carbonyl (C=O) groups is 1. The van der Waals surface area contributed by atoms with E-state index >= 15 is 0 Å². The Labute approximate surface area is 116 Å². The van der Waals surface area contributed by atoms with E-state index in [-0.39, 0.29) is 11.9 Å². The van der Waals surface area contributed by atoms with Crippen molar-refractivity contribution in [2.75, 3.05) is 44.4 Å². The molecule has 0 radical (unpaired) electrons. The number of piperazine rings is 1. The lowest BCUT2D eigenvalue weighted by Crippen LogP contribution is -2.49. The molecular formula is C13H17FN2O2S. The average Bonchev–Trinajstić information content (AvgIpc) is 2.47. The van der Waals surface area contributed by atoms with E-state index in [1.165, 1.54) is 18.9 Å². The fourth-order valence-corrected chi connectivity index (χ4v) is 2.66. The Morgan fingerprint density at radius 1 is 1.32 bits per heavy atom. The van der Waals surface area contributed by atoms with Gasteiger partial charge in [0.25, 0.3) is 0 Å². The summed E-state index contributed by atoms with van der Waals surface area (Å²) in [5, 5.41) is 0. The molecule has 1 heterocycles. The first kappa shape index (κ1) is 14.0. The highest BCUT2D eigenvalue weighted by Crippen LogP contribution is 2.28. The van der Waals surface area contributed by atoms with Crippen LogP contribution in [0.1, 0.15) is 0 Å². The van der Waals surface area contributed by atoms with Gasteiger partial charge in [-0.3, -0.25) is 0 Å². The second kappa shape index (κ2) is 6.14. The lowest BCUT2D eigenvalue weighted by atomic mass is 10.2. The molecule has 0 unspecified atom stereocenters. The highest BCUT2D eigenvalue weighted by atomic mass is 32.2. The predicted octanol–water partition coefficient (Wildman–Crippen LogP) is 2.44. The van der Waals surface area contributed by atoms with Gasteiger partial charge in [-0.1, -0.05) is 6.07 Å². The van der Waals surface area contributed by atoms with E-state index in [1.54, 1.807) is 17.0 Å². The number of rotatable bonds is 2. The number of nitrogens with zero attached hydrogens (tertiary/aromatic N) is 2. The highest BCUT2D eigenvalue weighted by Gasteiger charge is 2.23. The zero-order valence-corrected chi connectivity index (χ0v) is 11.9. The third-order valence-corrected chi connectivity index (χ3v) is 3.97. The minimum atomic E-state index is -0.321. The summed E-state index contributed by atoms with van der Waals surface area (Å²) in [7, 11) is 1.37. The zero-order valence-electron chi connectivity index (χ0n) is 11.1. The molecule has 1 amide bonds. The molecule has 0 saturated carbocycles. The van der Waals surface area contributed by atoms with Gasteiger partial charge < -0.3 is 14.5 Å². The number of benzene rings is 1. The molecule has 1 aliphatic rings. The number of methoxy groups -OCH3 is 1. The summed E-state index contributed by atoms with van der Waals surface area (Å²) >= 11 is 1.40. The number of amides is 1. The zero-order chi connectivity index (χ0) is 13.8. The van der Waals surface area contributed by atoms with Gasteiger partial charge in [0.05, 0.1) is 12.8 Å². The number of ether oxygens (including phenoxy) is 1. The summed E-state index contributed by atoms with van der Waals surface area (Å²) in [6.45, 7) is 2.33. The summed E-state index contributed by atoms with van der Waals surface area (Å²) < 4.78 is 18.9. The van der Waals surface area contributed by atoms with E-state index in [4.69, 9.17) is 0 Å². The first-order valence-corrected chi connectivity index (χ1v) is 7.30. The Hall–Kier alpha value is -1.43. The Balaban J connectivity index is 2.08. The fourth-order valence-electron chi connectivity index (χ4n) is 2.16. The molecule has 1 fully saturated rings. The van der Waals surface area contributed by atoms with Crippen LogP contribution in [0, 0.1) is 5.82 Å². The van der Waals surface area contributed by atoms with Crippen molar-refractivity contribution in [3.05, 3.63) is 24.0 Å². The Morgan fingerprint density at radius 2 is 2.00 bits per heavy atom. The Kier molecular flexibility index (Phi) is 4.52. The topological polar surface area (TPSA) is 32.8 Å². The number of thioether (sulfide) groups is 1. The van der Waals surface area contributed by atoms with Gasteiger partial charge >= 0.3 is 6.09 Å². The minimum Gasteiger partial charge on any atom is -0.453 e. The van der Waals surface area contributed by atoms with Gasteiger partial charge in [-0.15, -0.1) is 11.8 Å². The van der Waals surface area contributed by atoms with E-state index in [0.717, 1.165) is 0 Å². The van der Waals surface area contributed by atoms with Crippen molar-refractivity contribution >= 4 is 23.5 Å². The van der Waals surface area contributed by atoms with E-state index in [2.05, 4.69) is 4.74 Å². The third kappa shape index (κ3) is 2.94. The minimum absolute atomic E-state index is 0.179. The smallest absolute Gasteiger partial charge is 0.409 e. The molecule has 1 aromatic carbocycles. The highest BCUT2D eigenvalue weighted by molar-refractivity contribution is 7.98. The van der Waals surface area contributed by atoms with Crippen LogP contribution in [0.4, 0.5) is 14.9 Å². The molecule has 0 bridgehead atoms. The van der Waals surface area contributed by atoms with E-state index in [1.807, 2.05) is 17.2 Å². The van der Waals surface area contributed by atoms with Crippen molar-refractivity contribution in [1.29, 1.82) is 0 Å². The number of anilines is 1. The molecule has 104 valence electrons. The number of hydrogen-bond acceptors (Lipinski definition) is 4. The normalized spacial score (nSPS) is 15.5. The van der Waals surface area contributed by atoms with Crippen molar-refractivity contribution in [3.8, 4) is 0 Å². The van der Waals surface area contributed by atoms with Crippen LogP contribution in [0.15, 0.2) is 23.1 Å². The summed E-state index contributed by atoms with van der Waals surface area (Å²) in [6.07, 6.45) is 1.54. The number of hydrogen-bond donors (Lipinski definition) is 0. The summed E-state index contributed by atoms with van der Waals surface area (Å²) in [6, 6.07) is 5.41. The second-order valence-corrected chi connectivity index (χ2v) is 5.09. The van der Waals surface area contributed by atoms with Crippen LogP contribution in [0.3, 0.4) is 0 Å². The van der Waals surface area contributed by atoms with Crippen molar-refractivity contribution < 1.29 is 13.9 Å². The van der Waals surface area contributed by atoms with Gasteiger partial charge in [-0.25, -0.2) is 9.18 Å². The average molecular weight is 284 g/mol. The van der Waals surface area contributed by atoms with Crippen molar-refractivity contribution in [2.24, 2.45) is 0 Å². The van der Waals surface area contributed by atoms with Crippen molar-refractivity contribution in [1.82, 2.24) is 4.90 Å². The van der Waals surface area contributed by atoms with E-state index < -0.39 is 0 Å². The van der Waals surface area contributed by atoms with Crippen LogP contribution in [-0.4, -0.2) is 50.5 Å². The summed E-state index contributed by atoms with van der Waals surface area (Å²) in [5.74, 6) is -0.179. The molecule has 2 rings (SSSR count).